The van der Waals surface area contributed by atoms with E-state index in [0.717, 1.165) is 15.0 Å². The largest absolute Gasteiger partial charge is 0.447 e. The second-order valence-electron chi connectivity index (χ2n) is 2.95. The van der Waals surface area contributed by atoms with Crippen molar-refractivity contribution in [2.75, 3.05) is 5.32 Å². The third-order valence-electron chi connectivity index (χ3n) is 1.87. The fraction of sp³-hybridized carbons (Fsp3) is 0.100. The van der Waals surface area contributed by atoms with Gasteiger partial charge in [-0.05, 0) is 40.8 Å². The van der Waals surface area contributed by atoms with Crippen LogP contribution in [0.25, 0.3) is 0 Å². The third kappa shape index (κ3) is 2.85. The lowest BCUT2D eigenvalue weighted by molar-refractivity contribution is 0.512. The number of benzene rings is 1. The number of nitrogens with one attached hydrogen (secondary N) is 1. The standard InChI is InChI=1S/C10H8ClIN2O/c11-9-3-7(12)1-2-10(9)14-5-8-4-13-6-15-8/h1-4,6,14H,5H2. The Morgan fingerprint density at radius 2 is 2.33 bits per heavy atom. The Balaban J connectivity index is 2.05. The Morgan fingerprint density at radius 3 is 3.00 bits per heavy atom. The van der Waals surface area contributed by atoms with E-state index >= 15 is 0 Å². The topological polar surface area (TPSA) is 38.1 Å². The van der Waals surface area contributed by atoms with E-state index in [-0.39, 0.29) is 0 Å². The van der Waals surface area contributed by atoms with Crippen molar-refractivity contribution in [2.24, 2.45) is 0 Å². The zero-order chi connectivity index (χ0) is 10.7. The van der Waals surface area contributed by atoms with Crippen LogP contribution in [0.1, 0.15) is 5.76 Å². The summed E-state index contributed by atoms with van der Waals surface area (Å²) < 4.78 is 6.21. The van der Waals surface area contributed by atoms with E-state index in [9.17, 15) is 0 Å². The normalized spacial score (nSPS) is 10.3. The van der Waals surface area contributed by atoms with Gasteiger partial charge in [0.1, 0.15) is 5.76 Å². The Morgan fingerprint density at radius 1 is 1.47 bits per heavy atom. The summed E-state index contributed by atoms with van der Waals surface area (Å²) in [5, 5.41) is 3.88. The molecule has 0 spiro atoms. The minimum atomic E-state index is 0.584. The molecule has 1 aromatic heterocycles. The van der Waals surface area contributed by atoms with Gasteiger partial charge in [0, 0.05) is 3.57 Å². The highest BCUT2D eigenvalue weighted by Crippen LogP contribution is 2.24. The van der Waals surface area contributed by atoms with E-state index in [1.54, 1.807) is 6.20 Å². The molecule has 0 saturated carbocycles. The number of rotatable bonds is 3. The van der Waals surface area contributed by atoms with Crippen molar-refractivity contribution in [1.29, 1.82) is 0 Å². The molecule has 2 rings (SSSR count). The molecule has 0 aliphatic carbocycles. The highest BCUT2D eigenvalue weighted by atomic mass is 127. The predicted molar refractivity (Wildman–Crippen MR) is 68.0 cm³/mol. The van der Waals surface area contributed by atoms with Gasteiger partial charge in [0.05, 0.1) is 23.5 Å². The lowest BCUT2D eigenvalue weighted by Gasteiger charge is -2.06. The summed E-state index contributed by atoms with van der Waals surface area (Å²) in [4.78, 5) is 3.83. The number of hydrogen-bond acceptors (Lipinski definition) is 3. The summed E-state index contributed by atoms with van der Waals surface area (Å²) in [6.07, 6.45) is 3.08. The van der Waals surface area contributed by atoms with E-state index in [0.29, 0.717) is 11.6 Å². The van der Waals surface area contributed by atoms with E-state index in [1.165, 1.54) is 6.39 Å². The molecule has 1 N–H and O–H groups in total. The van der Waals surface area contributed by atoms with Crippen LogP contribution in [0, 0.1) is 3.57 Å². The van der Waals surface area contributed by atoms with Crippen molar-refractivity contribution in [3.8, 4) is 0 Å². The quantitative estimate of drug-likeness (QED) is 0.873. The molecule has 15 heavy (non-hydrogen) atoms. The van der Waals surface area contributed by atoms with Crippen LogP contribution in [0.15, 0.2) is 35.2 Å². The molecule has 3 nitrogen and oxygen atoms in total. The molecular weight excluding hydrogens is 326 g/mol. The molecule has 0 fully saturated rings. The Hall–Kier alpha value is -0.750. The van der Waals surface area contributed by atoms with Gasteiger partial charge >= 0.3 is 0 Å². The molecule has 0 unspecified atom stereocenters. The zero-order valence-electron chi connectivity index (χ0n) is 7.71. The summed E-state index contributed by atoms with van der Waals surface area (Å²) >= 11 is 8.28. The fourth-order valence-corrected chi connectivity index (χ4v) is 2.07. The lowest BCUT2D eigenvalue weighted by Crippen LogP contribution is -1.98. The average Bonchev–Trinajstić information content (AvgIpc) is 2.69. The van der Waals surface area contributed by atoms with Crippen molar-refractivity contribution in [1.82, 2.24) is 4.98 Å². The second kappa shape index (κ2) is 4.85. The molecule has 0 bridgehead atoms. The van der Waals surface area contributed by atoms with Crippen molar-refractivity contribution in [2.45, 2.75) is 6.54 Å². The van der Waals surface area contributed by atoms with Crippen LogP contribution in [0.2, 0.25) is 5.02 Å². The first-order valence-corrected chi connectivity index (χ1v) is 5.77. The van der Waals surface area contributed by atoms with Crippen LogP contribution in [0.4, 0.5) is 5.69 Å². The van der Waals surface area contributed by atoms with Crippen LogP contribution in [-0.4, -0.2) is 4.98 Å². The van der Waals surface area contributed by atoms with Crippen molar-refractivity contribution in [3.05, 3.63) is 45.1 Å². The highest BCUT2D eigenvalue weighted by molar-refractivity contribution is 14.1. The first-order valence-electron chi connectivity index (χ1n) is 4.32. The SMILES string of the molecule is Clc1cc(I)ccc1NCc1cnco1. The molecular formula is C10H8ClIN2O. The maximum atomic E-state index is 6.06. The Kier molecular flexibility index (Phi) is 3.48. The molecule has 78 valence electrons. The van der Waals surface area contributed by atoms with Crippen molar-refractivity contribution in [3.63, 3.8) is 0 Å². The fourth-order valence-electron chi connectivity index (χ4n) is 1.14. The van der Waals surface area contributed by atoms with Gasteiger partial charge in [0.15, 0.2) is 6.39 Å². The lowest BCUT2D eigenvalue weighted by atomic mass is 10.3. The van der Waals surface area contributed by atoms with Crippen LogP contribution in [-0.2, 0) is 6.54 Å². The van der Waals surface area contributed by atoms with Gasteiger partial charge in [-0.25, -0.2) is 4.98 Å². The molecule has 0 saturated heterocycles. The van der Waals surface area contributed by atoms with Gasteiger partial charge in [-0.3, -0.25) is 0 Å². The second-order valence-corrected chi connectivity index (χ2v) is 4.60. The van der Waals surface area contributed by atoms with Gasteiger partial charge in [-0.2, -0.15) is 0 Å². The molecule has 2 aromatic rings. The van der Waals surface area contributed by atoms with E-state index in [2.05, 4.69) is 32.9 Å². The monoisotopic (exact) mass is 334 g/mol. The molecule has 0 aliphatic heterocycles. The summed E-state index contributed by atoms with van der Waals surface area (Å²) in [7, 11) is 0. The first kappa shape index (κ1) is 10.8. The molecule has 1 heterocycles. The smallest absolute Gasteiger partial charge is 0.180 e. The number of aromatic nitrogens is 1. The van der Waals surface area contributed by atoms with Gasteiger partial charge in [-0.15, -0.1) is 0 Å². The van der Waals surface area contributed by atoms with E-state index < -0.39 is 0 Å². The van der Waals surface area contributed by atoms with Crippen LogP contribution in [0.3, 0.4) is 0 Å². The molecule has 0 radical (unpaired) electrons. The molecule has 0 amide bonds. The van der Waals surface area contributed by atoms with Crippen LogP contribution < -0.4 is 5.32 Å². The molecule has 5 heteroatoms. The number of nitrogens with zero attached hydrogens (tertiary/aromatic N) is 1. The maximum absolute atomic E-state index is 6.06. The maximum Gasteiger partial charge on any atom is 0.180 e. The average molecular weight is 335 g/mol. The van der Waals surface area contributed by atoms with Gasteiger partial charge in [-0.1, -0.05) is 11.6 Å². The highest BCUT2D eigenvalue weighted by Gasteiger charge is 2.01. The molecule has 0 atom stereocenters. The van der Waals surface area contributed by atoms with Gasteiger partial charge in [0.25, 0.3) is 0 Å². The van der Waals surface area contributed by atoms with E-state index in [4.69, 9.17) is 16.0 Å². The Labute approximate surface area is 106 Å². The summed E-state index contributed by atoms with van der Waals surface area (Å²) in [5.41, 5.74) is 0.897. The number of anilines is 1. The van der Waals surface area contributed by atoms with Crippen LogP contribution >= 0.6 is 34.2 Å². The summed E-state index contributed by atoms with van der Waals surface area (Å²) in [6.45, 7) is 0.584. The molecule has 0 aliphatic rings. The predicted octanol–water partition coefficient (Wildman–Crippen LogP) is 3.54. The van der Waals surface area contributed by atoms with Crippen molar-refractivity contribution >= 4 is 39.9 Å². The number of oxazole rings is 1. The minimum Gasteiger partial charge on any atom is -0.447 e. The Bertz CT molecular complexity index is 445. The zero-order valence-corrected chi connectivity index (χ0v) is 10.6. The third-order valence-corrected chi connectivity index (χ3v) is 2.85. The summed E-state index contributed by atoms with van der Waals surface area (Å²) in [6, 6.07) is 5.85. The number of hydrogen-bond donors (Lipinski definition) is 1. The van der Waals surface area contributed by atoms with Gasteiger partial charge in [0.2, 0.25) is 0 Å². The van der Waals surface area contributed by atoms with Crippen LogP contribution in [0.5, 0.6) is 0 Å². The molecule has 1 aromatic carbocycles. The van der Waals surface area contributed by atoms with Crippen molar-refractivity contribution < 1.29 is 4.42 Å². The summed E-state index contributed by atoms with van der Waals surface area (Å²) in [5.74, 6) is 0.782. The van der Waals surface area contributed by atoms with Gasteiger partial charge < -0.3 is 9.73 Å². The van der Waals surface area contributed by atoms with E-state index in [1.807, 2.05) is 18.2 Å². The number of halogens is 2. The minimum absolute atomic E-state index is 0.584. The first-order chi connectivity index (χ1) is 7.25.